The largest absolute Gasteiger partial charge is 0.466 e. The van der Waals surface area contributed by atoms with Crippen molar-refractivity contribution in [2.24, 2.45) is 11.7 Å². The molecule has 1 aliphatic rings. The molecular weight excluding hydrogens is 190 g/mol. The zero-order valence-corrected chi connectivity index (χ0v) is 9.36. The number of hydrogen-bond donors (Lipinski definition) is 2. The lowest BCUT2D eigenvalue weighted by molar-refractivity contribution is 0.201. The molecule has 1 saturated carbocycles. The highest BCUT2D eigenvalue weighted by Crippen LogP contribution is 2.47. The lowest BCUT2D eigenvalue weighted by Gasteiger charge is -2.19. The van der Waals surface area contributed by atoms with Crippen molar-refractivity contribution in [2.45, 2.75) is 38.1 Å². The minimum absolute atomic E-state index is 0.0249. The maximum Gasteiger partial charge on any atom is 0.107 e. The van der Waals surface area contributed by atoms with E-state index in [0.29, 0.717) is 12.3 Å². The van der Waals surface area contributed by atoms with Crippen LogP contribution < -0.4 is 5.73 Å². The van der Waals surface area contributed by atoms with Crippen molar-refractivity contribution in [1.29, 1.82) is 0 Å². The number of hydrogen-bond acceptors (Lipinski definition) is 3. The van der Waals surface area contributed by atoms with Gasteiger partial charge in [-0.2, -0.15) is 0 Å². The van der Waals surface area contributed by atoms with E-state index in [2.05, 4.69) is 6.92 Å². The molecule has 0 radical (unpaired) electrons. The van der Waals surface area contributed by atoms with Crippen molar-refractivity contribution in [3.63, 3.8) is 0 Å². The molecule has 2 rings (SSSR count). The zero-order chi connectivity index (χ0) is 11.1. The van der Waals surface area contributed by atoms with Crippen LogP contribution in [-0.4, -0.2) is 17.3 Å². The van der Waals surface area contributed by atoms with Gasteiger partial charge in [0.1, 0.15) is 11.5 Å². The summed E-state index contributed by atoms with van der Waals surface area (Å²) in [5.74, 6) is 3.32. The van der Waals surface area contributed by atoms with Crippen LogP contribution in [0.15, 0.2) is 16.5 Å². The molecule has 1 aliphatic carbocycles. The van der Waals surface area contributed by atoms with Crippen LogP contribution in [0.4, 0.5) is 0 Å². The van der Waals surface area contributed by atoms with Crippen LogP contribution in [0.1, 0.15) is 37.7 Å². The fourth-order valence-corrected chi connectivity index (χ4v) is 1.86. The van der Waals surface area contributed by atoms with Gasteiger partial charge in [-0.1, -0.05) is 6.92 Å². The summed E-state index contributed by atoms with van der Waals surface area (Å²) in [7, 11) is 0. The van der Waals surface area contributed by atoms with Gasteiger partial charge in [0, 0.05) is 17.9 Å². The second-order valence-electron chi connectivity index (χ2n) is 5.11. The van der Waals surface area contributed by atoms with Crippen LogP contribution in [0.5, 0.6) is 0 Å². The SMILES string of the molecule is CC1CC1c1ccc(CC(C)(N)CO)o1. The van der Waals surface area contributed by atoms with Crippen molar-refractivity contribution in [2.75, 3.05) is 6.61 Å². The summed E-state index contributed by atoms with van der Waals surface area (Å²) in [6.07, 6.45) is 1.82. The first-order chi connectivity index (χ1) is 7.02. The van der Waals surface area contributed by atoms with Gasteiger partial charge in [-0.05, 0) is 31.4 Å². The van der Waals surface area contributed by atoms with Gasteiger partial charge in [0.2, 0.25) is 0 Å². The van der Waals surface area contributed by atoms with Crippen LogP contribution >= 0.6 is 0 Å². The van der Waals surface area contributed by atoms with E-state index in [1.807, 2.05) is 19.1 Å². The Morgan fingerprint density at radius 1 is 1.60 bits per heavy atom. The van der Waals surface area contributed by atoms with Gasteiger partial charge < -0.3 is 15.3 Å². The summed E-state index contributed by atoms with van der Waals surface area (Å²) in [6, 6.07) is 4.01. The zero-order valence-electron chi connectivity index (χ0n) is 9.36. The summed E-state index contributed by atoms with van der Waals surface area (Å²) >= 11 is 0. The third kappa shape index (κ3) is 2.41. The van der Waals surface area contributed by atoms with E-state index in [-0.39, 0.29) is 6.61 Å². The molecule has 3 unspecified atom stereocenters. The smallest absolute Gasteiger partial charge is 0.107 e. The van der Waals surface area contributed by atoms with Gasteiger partial charge in [0.25, 0.3) is 0 Å². The number of nitrogens with two attached hydrogens (primary N) is 1. The molecule has 0 aliphatic heterocycles. The van der Waals surface area contributed by atoms with Gasteiger partial charge in [0.05, 0.1) is 6.61 Å². The summed E-state index contributed by atoms with van der Waals surface area (Å²) in [5.41, 5.74) is 5.29. The van der Waals surface area contributed by atoms with Gasteiger partial charge in [0.15, 0.2) is 0 Å². The number of furan rings is 1. The van der Waals surface area contributed by atoms with Crippen molar-refractivity contribution < 1.29 is 9.52 Å². The minimum Gasteiger partial charge on any atom is -0.466 e. The molecule has 84 valence electrons. The molecule has 1 aromatic heterocycles. The highest BCUT2D eigenvalue weighted by atomic mass is 16.3. The highest BCUT2D eigenvalue weighted by molar-refractivity contribution is 5.18. The Labute approximate surface area is 90.3 Å². The first kappa shape index (κ1) is 10.7. The summed E-state index contributed by atoms with van der Waals surface area (Å²) in [6.45, 7) is 4.03. The Morgan fingerprint density at radius 2 is 2.27 bits per heavy atom. The third-order valence-electron chi connectivity index (χ3n) is 3.10. The summed E-state index contributed by atoms with van der Waals surface area (Å²) in [4.78, 5) is 0. The van der Waals surface area contributed by atoms with Crippen LogP contribution in [0.3, 0.4) is 0 Å². The summed E-state index contributed by atoms with van der Waals surface area (Å²) < 4.78 is 5.72. The quantitative estimate of drug-likeness (QED) is 0.792. The average molecular weight is 209 g/mol. The van der Waals surface area contributed by atoms with E-state index in [9.17, 15) is 0 Å². The van der Waals surface area contributed by atoms with E-state index >= 15 is 0 Å². The van der Waals surface area contributed by atoms with Crippen molar-refractivity contribution in [3.8, 4) is 0 Å². The third-order valence-corrected chi connectivity index (χ3v) is 3.10. The molecular formula is C12H19NO2. The Balaban J connectivity index is 2.01. The first-order valence-corrected chi connectivity index (χ1v) is 5.50. The second-order valence-corrected chi connectivity index (χ2v) is 5.11. The molecule has 3 atom stereocenters. The monoisotopic (exact) mass is 209 g/mol. The molecule has 3 heteroatoms. The lowest BCUT2D eigenvalue weighted by Crippen LogP contribution is -2.42. The minimum atomic E-state index is -0.579. The molecule has 3 N–H and O–H groups in total. The number of aliphatic hydroxyl groups excluding tert-OH is 1. The molecule has 0 aromatic carbocycles. The molecule has 0 saturated heterocycles. The fourth-order valence-electron chi connectivity index (χ4n) is 1.86. The van der Waals surface area contributed by atoms with E-state index in [4.69, 9.17) is 15.3 Å². The van der Waals surface area contributed by atoms with Crippen molar-refractivity contribution in [1.82, 2.24) is 0 Å². The molecule has 3 nitrogen and oxygen atoms in total. The van der Waals surface area contributed by atoms with Gasteiger partial charge in [-0.15, -0.1) is 0 Å². The van der Waals surface area contributed by atoms with Crippen LogP contribution in [0, 0.1) is 5.92 Å². The normalized spacial score (nSPS) is 28.8. The highest BCUT2D eigenvalue weighted by Gasteiger charge is 2.36. The van der Waals surface area contributed by atoms with Crippen molar-refractivity contribution in [3.05, 3.63) is 23.7 Å². The topological polar surface area (TPSA) is 59.4 Å². The van der Waals surface area contributed by atoms with E-state index in [1.165, 1.54) is 6.42 Å². The van der Waals surface area contributed by atoms with E-state index in [1.54, 1.807) is 0 Å². The molecule has 1 fully saturated rings. The van der Waals surface area contributed by atoms with E-state index in [0.717, 1.165) is 17.4 Å². The molecule has 0 spiro atoms. The maximum absolute atomic E-state index is 9.06. The van der Waals surface area contributed by atoms with Gasteiger partial charge in [-0.25, -0.2) is 0 Å². The first-order valence-electron chi connectivity index (χ1n) is 5.50. The molecule has 1 heterocycles. The summed E-state index contributed by atoms with van der Waals surface area (Å²) in [5, 5.41) is 9.06. The molecule has 1 aromatic rings. The van der Waals surface area contributed by atoms with Gasteiger partial charge in [-0.3, -0.25) is 0 Å². The van der Waals surface area contributed by atoms with E-state index < -0.39 is 5.54 Å². The fraction of sp³-hybridized carbons (Fsp3) is 0.667. The molecule has 15 heavy (non-hydrogen) atoms. The van der Waals surface area contributed by atoms with Crippen LogP contribution in [-0.2, 0) is 6.42 Å². The molecule has 0 bridgehead atoms. The average Bonchev–Trinajstić information content (AvgIpc) is 2.73. The predicted octanol–water partition coefficient (Wildman–Crippen LogP) is 1.66. The Bertz CT molecular complexity index is 343. The van der Waals surface area contributed by atoms with Gasteiger partial charge >= 0.3 is 0 Å². The Hall–Kier alpha value is -0.800. The van der Waals surface area contributed by atoms with Crippen LogP contribution in [0.2, 0.25) is 0 Å². The molecule has 0 amide bonds. The maximum atomic E-state index is 9.06. The second kappa shape index (κ2) is 3.65. The predicted molar refractivity (Wildman–Crippen MR) is 58.6 cm³/mol. The number of aliphatic hydroxyl groups is 1. The Kier molecular flexibility index (Phi) is 2.61. The van der Waals surface area contributed by atoms with Crippen LogP contribution in [0.25, 0.3) is 0 Å². The lowest BCUT2D eigenvalue weighted by atomic mass is 9.99. The number of rotatable bonds is 4. The van der Waals surface area contributed by atoms with Crippen molar-refractivity contribution >= 4 is 0 Å². The Morgan fingerprint density at radius 3 is 2.80 bits per heavy atom. The standard InChI is InChI=1S/C12H19NO2/c1-8-5-10(8)11-4-3-9(15-11)6-12(2,13)7-14/h3-4,8,10,14H,5-7,13H2,1-2H3.